The van der Waals surface area contributed by atoms with Crippen LogP contribution in [0.3, 0.4) is 0 Å². The molecule has 1 heterocycles. The minimum absolute atomic E-state index is 0.130. The van der Waals surface area contributed by atoms with Gasteiger partial charge in [0.05, 0.1) is 5.69 Å². The molecule has 3 N–H and O–H groups in total. The minimum Gasteiger partial charge on any atom is -0.398 e. The van der Waals surface area contributed by atoms with Gasteiger partial charge in [-0.25, -0.2) is 13.1 Å². The maximum Gasteiger partial charge on any atom is 0.242 e. The predicted molar refractivity (Wildman–Crippen MR) is 81.4 cm³/mol. The Bertz CT molecular complexity index is 588. The van der Waals surface area contributed by atoms with E-state index in [4.69, 9.17) is 5.73 Å². The van der Waals surface area contributed by atoms with Gasteiger partial charge in [-0.3, -0.25) is 0 Å². The molecule has 112 valence electrons. The van der Waals surface area contributed by atoms with Crippen molar-refractivity contribution in [3.63, 3.8) is 0 Å². The Morgan fingerprint density at radius 1 is 1.35 bits per heavy atom. The van der Waals surface area contributed by atoms with Crippen molar-refractivity contribution in [1.29, 1.82) is 0 Å². The first kappa shape index (κ1) is 15.1. The number of nitrogens with zero attached hydrogens (tertiary/aromatic N) is 2. The highest BCUT2D eigenvalue weighted by Gasteiger charge is 2.22. The molecular formula is C13H22N4O2S. The molecule has 1 aromatic carbocycles. The maximum atomic E-state index is 11.8. The third-order valence-corrected chi connectivity index (χ3v) is 5.36. The summed E-state index contributed by atoms with van der Waals surface area (Å²) in [6, 6.07) is 5.59. The summed E-state index contributed by atoms with van der Waals surface area (Å²) in [7, 11) is -0.00777. The first-order valence-corrected chi connectivity index (χ1v) is 8.11. The summed E-state index contributed by atoms with van der Waals surface area (Å²) in [5.74, 6) is 0. The highest BCUT2D eigenvalue weighted by Crippen LogP contribution is 2.26. The van der Waals surface area contributed by atoms with Crippen LogP contribution in [0.1, 0.15) is 6.92 Å². The molecule has 0 spiro atoms. The Morgan fingerprint density at radius 3 is 2.60 bits per heavy atom. The van der Waals surface area contributed by atoms with Gasteiger partial charge in [0.1, 0.15) is 4.90 Å². The van der Waals surface area contributed by atoms with Crippen LogP contribution in [0, 0.1) is 0 Å². The van der Waals surface area contributed by atoms with Crippen molar-refractivity contribution in [2.75, 3.05) is 44.4 Å². The van der Waals surface area contributed by atoms with Crippen molar-refractivity contribution in [2.45, 2.75) is 17.9 Å². The molecule has 0 saturated carbocycles. The maximum absolute atomic E-state index is 11.8. The van der Waals surface area contributed by atoms with Crippen molar-refractivity contribution < 1.29 is 8.42 Å². The number of rotatable bonds is 3. The molecule has 1 saturated heterocycles. The third kappa shape index (κ3) is 2.89. The Balaban J connectivity index is 2.26. The molecule has 1 aliphatic rings. The average molecular weight is 298 g/mol. The zero-order valence-corrected chi connectivity index (χ0v) is 12.9. The average Bonchev–Trinajstić information content (AvgIpc) is 2.41. The second-order valence-electron chi connectivity index (χ2n) is 5.21. The van der Waals surface area contributed by atoms with E-state index in [-0.39, 0.29) is 10.6 Å². The number of nitrogen functional groups attached to an aromatic ring is 1. The molecule has 2 rings (SSSR count). The Morgan fingerprint density at radius 2 is 2.05 bits per heavy atom. The van der Waals surface area contributed by atoms with E-state index in [1.807, 2.05) is 6.07 Å². The lowest BCUT2D eigenvalue weighted by Crippen LogP contribution is -2.50. The number of sulfonamides is 1. The van der Waals surface area contributed by atoms with E-state index in [9.17, 15) is 8.42 Å². The standard InChI is InChI=1S/C13H22N4O2S/c1-10-9-17(7-6-16(10)3)11-4-5-13(12(14)8-11)20(18,19)15-2/h4-5,8,10,15H,6-7,9,14H2,1-3H3. The quantitative estimate of drug-likeness (QED) is 0.786. The van der Waals surface area contributed by atoms with E-state index in [0.29, 0.717) is 6.04 Å². The number of piperazine rings is 1. The first-order chi connectivity index (χ1) is 9.35. The van der Waals surface area contributed by atoms with Crippen LogP contribution in [0.25, 0.3) is 0 Å². The molecule has 1 fully saturated rings. The fourth-order valence-electron chi connectivity index (χ4n) is 2.37. The number of nitrogens with two attached hydrogens (primary N) is 1. The van der Waals surface area contributed by atoms with Crippen LogP contribution < -0.4 is 15.4 Å². The minimum atomic E-state index is -3.50. The van der Waals surface area contributed by atoms with E-state index in [1.165, 1.54) is 7.05 Å². The van der Waals surface area contributed by atoms with Gasteiger partial charge in [0, 0.05) is 31.4 Å². The molecule has 0 amide bonds. The SMILES string of the molecule is CNS(=O)(=O)c1ccc(N2CCN(C)C(C)C2)cc1N. The van der Waals surface area contributed by atoms with Gasteiger partial charge in [-0.1, -0.05) is 0 Å². The van der Waals surface area contributed by atoms with Gasteiger partial charge in [0.15, 0.2) is 0 Å². The summed E-state index contributed by atoms with van der Waals surface area (Å²) in [6.45, 7) is 4.99. The molecule has 20 heavy (non-hydrogen) atoms. The normalized spacial score (nSPS) is 21.1. The molecule has 0 aromatic heterocycles. The summed E-state index contributed by atoms with van der Waals surface area (Å²) < 4.78 is 25.9. The lowest BCUT2D eigenvalue weighted by molar-refractivity contribution is 0.234. The zero-order valence-electron chi connectivity index (χ0n) is 12.1. The fraction of sp³-hybridized carbons (Fsp3) is 0.538. The molecule has 0 radical (unpaired) electrons. The zero-order chi connectivity index (χ0) is 14.9. The molecule has 0 aliphatic carbocycles. The van der Waals surface area contributed by atoms with Gasteiger partial charge in [-0.15, -0.1) is 0 Å². The van der Waals surface area contributed by atoms with Crippen LogP contribution in [0.4, 0.5) is 11.4 Å². The van der Waals surface area contributed by atoms with Crippen molar-refractivity contribution in [3.8, 4) is 0 Å². The number of hydrogen-bond donors (Lipinski definition) is 2. The van der Waals surface area contributed by atoms with E-state index < -0.39 is 10.0 Å². The summed E-state index contributed by atoms with van der Waals surface area (Å²) in [4.78, 5) is 4.67. The van der Waals surface area contributed by atoms with Gasteiger partial charge < -0.3 is 15.5 Å². The first-order valence-electron chi connectivity index (χ1n) is 6.63. The second kappa shape index (κ2) is 5.59. The Hall–Kier alpha value is -1.31. The van der Waals surface area contributed by atoms with Crippen molar-refractivity contribution in [3.05, 3.63) is 18.2 Å². The topological polar surface area (TPSA) is 78.7 Å². The number of likely N-dealkylation sites (N-methyl/N-ethyl adjacent to an activating group) is 1. The van der Waals surface area contributed by atoms with Crippen LogP contribution in [-0.2, 0) is 10.0 Å². The Kier molecular flexibility index (Phi) is 4.22. The van der Waals surface area contributed by atoms with Crippen molar-refractivity contribution >= 4 is 21.4 Å². The summed E-state index contributed by atoms with van der Waals surface area (Å²) in [6.07, 6.45) is 0. The van der Waals surface area contributed by atoms with Gasteiger partial charge in [-0.05, 0) is 39.2 Å². The van der Waals surface area contributed by atoms with E-state index in [2.05, 4.69) is 28.5 Å². The fourth-order valence-corrected chi connectivity index (χ4v) is 3.21. The lowest BCUT2D eigenvalue weighted by Gasteiger charge is -2.39. The molecule has 7 heteroatoms. The van der Waals surface area contributed by atoms with Crippen molar-refractivity contribution in [2.24, 2.45) is 0 Å². The Labute approximate surface area is 120 Å². The van der Waals surface area contributed by atoms with E-state index >= 15 is 0 Å². The van der Waals surface area contributed by atoms with Crippen LogP contribution in [-0.4, -0.2) is 53.1 Å². The smallest absolute Gasteiger partial charge is 0.242 e. The number of hydrogen-bond acceptors (Lipinski definition) is 5. The van der Waals surface area contributed by atoms with Gasteiger partial charge in [0.25, 0.3) is 0 Å². The molecule has 1 aromatic rings. The molecule has 1 atom stereocenters. The molecular weight excluding hydrogens is 276 g/mol. The van der Waals surface area contributed by atoms with Gasteiger partial charge in [0.2, 0.25) is 10.0 Å². The highest BCUT2D eigenvalue weighted by atomic mass is 32.2. The molecule has 0 bridgehead atoms. The summed E-state index contributed by atoms with van der Waals surface area (Å²) >= 11 is 0. The highest BCUT2D eigenvalue weighted by molar-refractivity contribution is 7.89. The number of anilines is 2. The van der Waals surface area contributed by atoms with Gasteiger partial charge >= 0.3 is 0 Å². The van der Waals surface area contributed by atoms with Crippen LogP contribution >= 0.6 is 0 Å². The van der Waals surface area contributed by atoms with Crippen LogP contribution in [0.2, 0.25) is 0 Å². The number of nitrogens with one attached hydrogen (secondary N) is 1. The van der Waals surface area contributed by atoms with Crippen molar-refractivity contribution in [1.82, 2.24) is 9.62 Å². The van der Waals surface area contributed by atoms with Crippen LogP contribution in [0.5, 0.6) is 0 Å². The van der Waals surface area contributed by atoms with Gasteiger partial charge in [-0.2, -0.15) is 0 Å². The second-order valence-corrected chi connectivity index (χ2v) is 7.06. The summed E-state index contributed by atoms with van der Waals surface area (Å²) in [5.41, 5.74) is 7.15. The van der Waals surface area contributed by atoms with Crippen LogP contribution in [0.15, 0.2) is 23.1 Å². The third-order valence-electron chi connectivity index (χ3n) is 3.88. The largest absolute Gasteiger partial charge is 0.398 e. The molecule has 1 aliphatic heterocycles. The van der Waals surface area contributed by atoms with E-state index in [1.54, 1.807) is 12.1 Å². The molecule has 1 unspecified atom stereocenters. The number of benzene rings is 1. The van der Waals surface area contributed by atoms with E-state index in [0.717, 1.165) is 25.3 Å². The summed E-state index contributed by atoms with van der Waals surface area (Å²) in [5, 5.41) is 0. The monoisotopic (exact) mass is 298 g/mol. The lowest BCUT2D eigenvalue weighted by atomic mass is 10.1. The predicted octanol–water partition coefficient (Wildman–Crippen LogP) is 0.317. The molecule has 6 nitrogen and oxygen atoms in total.